The number of hydrogen-bond acceptors (Lipinski definition) is 2. The van der Waals surface area contributed by atoms with Gasteiger partial charge in [-0.1, -0.05) is 6.07 Å². The van der Waals surface area contributed by atoms with Crippen molar-refractivity contribution in [2.24, 2.45) is 0 Å². The molecular formula is C12H10FN3. The Bertz CT molecular complexity index is 552. The summed E-state index contributed by atoms with van der Waals surface area (Å²) in [4.78, 5) is 4.04. The summed E-state index contributed by atoms with van der Waals surface area (Å²) in [5.41, 5.74) is 1.14. The molecule has 0 atom stereocenters. The van der Waals surface area contributed by atoms with Crippen LogP contribution in [0.25, 0.3) is 5.69 Å². The van der Waals surface area contributed by atoms with Gasteiger partial charge in [0.05, 0.1) is 18.2 Å². The molecule has 4 heteroatoms. The zero-order valence-electron chi connectivity index (χ0n) is 8.81. The van der Waals surface area contributed by atoms with Crippen LogP contribution in [0.1, 0.15) is 11.4 Å². The first-order valence-corrected chi connectivity index (χ1v) is 4.88. The molecule has 80 valence electrons. The third-order valence-corrected chi connectivity index (χ3v) is 2.38. The van der Waals surface area contributed by atoms with E-state index in [1.165, 1.54) is 6.07 Å². The maximum Gasteiger partial charge on any atom is 0.147 e. The fraction of sp³-hybridized carbons (Fsp3) is 0.167. The molecule has 1 aromatic carbocycles. The molecule has 0 aliphatic rings. The van der Waals surface area contributed by atoms with Crippen LogP contribution in [0.3, 0.4) is 0 Å². The molecule has 0 aliphatic heterocycles. The van der Waals surface area contributed by atoms with Crippen LogP contribution in [0.2, 0.25) is 0 Å². The molecule has 0 spiro atoms. The summed E-state index contributed by atoms with van der Waals surface area (Å²) in [5, 5.41) is 8.52. The highest BCUT2D eigenvalue weighted by Gasteiger charge is 2.07. The van der Waals surface area contributed by atoms with Crippen LogP contribution in [-0.2, 0) is 6.42 Å². The average molecular weight is 215 g/mol. The van der Waals surface area contributed by atoms with Crippen LogP contribution in [0.15, 0.2) is 30.6 Å². The first kappa shape index (κ1) is 10.4. The van der Waals surface area contributed by atoms with Gasteiger partial charge >= 0.3 is 0 Å². The number of aryl methyl sites for hydroxylation is 1. The predicted octanol–water partition coefficient (Wildman–Crippen LogP) is 2.39. The van der Waals surface area contributed by atoms with E-state index < -0.39 is 0 Å². The molecule has 1 aromatic heterocycles. The summed E-state index contributed by atoms with van der Waals surface area (Å²) < 4.78 is 15.4. The maximum absolute atomic E-state index is 13.8. The quantitative estimate of drug-likeness (QED) is 0.771. The molecule has 0 unspecified atom stereocenters. The van der Waals surface area contributed by atoms with Crippen molar-refractivity contribution in [3.05, 3.63) is 47.8 Å². The molecule has 3 nitrogen and oxygen atoms in total. The minimum absolute atomic E-state index is 0.222. The summed E-state index contributed by atoms with van der Waals surface area (Å²) in [6.45, 7) is 1.81. The van der Waals surface area contributed by atoms with Crippen molar-refractivity contribution in [1.82, 2.24) is 9.55 Å². The van der Waals surface area contributed by atoms with Gasteiger partial charge in [-0.25, -0.2) is 9.37 Å². The molecule has 0 N–H and O–H groups in total. The lowest BCUT2D eigenvalue weighted by Crippen LogP contribution is -1.99. The first-order valence-electron chi connectivity index (χ1n) is 4.88. The highest BCUT2D eigenvalue weighted by Crippen LogP contribution is 2.16. The molecule has 16 heavy (non-hydrogen) atoms. The van der Waals surface area contributed by atoms with E-state index in [2.05, 4.69) is 4.98 Å². The Morgan fingerprint density at radius 3 is 2.88 bits per heavy atom. The molecule has 0 saturated heterocycles. The van der Waals surface area contributed by atoms with Gasteiger partial charge in [-0.15, -0.1) is 0 Å². The highest BCUT2D eigenvalue weighted by molar-refractivity contribution is 5.38. The SMILES string of the molecule is Cc1nccn1-c1ccc(CC#N)cc1F. The molecule has 1 heterocycles. The zero-order valence-corrected chi connectivity index (χ0v) is 8.81. The standard InChI is InChI=1S/C12H10FN3/c1-9-15-6-7-16(9)12-3-2-10(4-5-14)8-11(12)13/h2-3,6-8H,4H2,1H3. The number of nitriles is 1. The van der Waals surface area contributed by atoms with Gasteiger partial charge in [0.1, 0.15) is 11.6 Å². The van der Waals surface area contributed by atoms with Crippen LogP contribution >= 0.6 is 0 Å². The molecule has 0 radical (unpaired) electrons. The Morgan fingerprint density at radius 1 is 1.50 bits per heavy atom. The number of nitrogens with zero attached hydrogens (tertiary/aromatic N) is 3. The van der Waals surface area contributed by atoms with E-state index in [0.717, 1.165) is 5.82 Å². The summed E-state index contributed by atoms with van der Waals surface area (Å²) in [6, 6.07) is 6.79. The monoisotopic (exact) mass is 215 g/mol. The lowest BCUT2D eigenvalue weighted by atomic mass is 10.1. The van der Waals surface area contributed by atoms with E-state index in [1.807, 2.05) is 13.0 Å². The van der Waals surface area contributed by atoms with E-state index in [4.69, 9.17) is 5.26 Å². The van der Waals surface area contributed by atoms with Crippen LogP contribution in [-0.4, -0.2) is 9.55 Å². The number of imidazole rings is 1. The van der Waals surface area contributed by atoms with Crippen LogP contribution < -0.4 is 0 Å². The van der Waals surface area contributed by atoms with Gasteiger partial charge in [-0.3, -0.25) is 0 Å². The van der Waals surface area contributed by atoms with Crippen molar-refractivity contribution in [3.63, 3.8) is 0 Å². The van der Waals surface area contributed by atoms with E-state index in [-0.39, 0.29) is 12.2 Å². The van der Waals surface area contributed by atoms with Crippen LogP contribution in [0, 0.1) is 24.1 Å². The van der Waals surface area contributed by atoms with Gasteiger partial charge in [0.15, 0.2) is 0 Å². The Morgan fingerprint density at radius 2 is 2.31 bits per heavy atom. The van der Waals surface area contributed by atoms with Crippen molar-refractivity contribution >= 4 is 0 Å². The second kappa shape index (κ2) is 4.15. The Balaban J connectivity index is 2.45. The van der Waals surface area contributed by atoms with Crippen LogP contribution in [0.5, 0.6) is 0 Å². The zero-order chi connectivity index (χ0) is 11.5. The largest absolute Gasteiger partial charge is 0.301 e. The highest BCUT2D eigenvalue weighted by atomic mass is 19.1. The normalized spacial score (nSPS) is 10.1. The third-order valence-electron chi connectivity index (χ3n) is 2.38. The van der Waals surface area contributed by atoms with Crippen molar-refractivity contribution in [3.8, 4) is 11.8 Å². The van der Waals surface area contributed by atoms with Gasteiger partial charge in [-0.05, 0) is 24.6 Å². The number of hydrogen-bond donors (Lipinski definition) is 0. The van der Waals surface area contributed by atoms with Crippen molar-refractivity contribution in [2.75, 3.05) is 0 Å². The fourth-order valence-electron chi connectivity index (χ4n) is 1.58. The summed E-state index contributed by atoms with van der Waals surface area (Å²) in [7, 11) is 0. The van der Waals surface area contributed by atoms with Gasteiger partial charge < -0.3 is 4.57 Å². The molecule has 0 bridgehead atoms. The number of benzene rings is 1. The Hall–Kier alpha value is -2.15. The van der Waals surface area contributed by atoms with Gasteiger partial charge in [0.25, 0.3) is 0 Å². The van der Waals surface area contributed by atoms with E-state index in [9.17, 15) is 4.39 Å². The minimum Gasteiger partial charge on any atom is -0.301 e. The minimum atomic E-state index is -0.339. The number of halogens is 1. The topological polar surface area (TPSA) is 41.6 Å². The summed E-state index contributed by atoms with van der Waals surface area (Å²) in [5.74, 6) is 0.390. The fourth-order valence-corrected chi connectivity index (χ4v) is 1.58. The molecule has 0 saturated carbocycles. The van der Waals surface area contributed by atoms with Crippen molar-refractivity contribution < 1.29 is 4.39 Å². The second-order valence-electron chi connectivity index (χ2n) is 3.47. The maximum atomic E-state index is 13.8. The van der Waals surface area contributed by atoms with Crippen molar-refractivity contribution in [2.45, 2.75) is 13.3 Å². The Kier molecular flexibility index (Phi) is 2.69. The Labute approximate surface area is 92.8 Å². The van der Waals surface area contributed by atoms with Crippen LogP contribution in [0.4, 0.5) is 4.39 Å². The van der Waals surface area contributed by atoms with Gasteiger partial charge in [0, 0.05) is 12.4 Å². The lowest BCUT2D eigenvalue weighted by Gasteiger charge is -2.07. The second-order valence-corrected chi connectivity index (χ2v) is 3.47. The molecular weight excluding hydrogens is 205 g/mol. The molecule has 0 fully saturated rings. The molecule has 0 aliphatic carbocycles. The van der Waals surface area contributed by atoms with E-state index in [0.29, 0.717) is 11.3 Å². The first-order chi connectivity index (χ1) is 7.72. The summed E-state index contributed by atoms with van der Waals surface area (Å²) >= 11 is 0. The van der Waals surface area contributed by atoms with E-state index in [1.54, 1.807) is 29.1 Å². The predicted molar refractivity (Wildman–Crippen MR) is 57.6 cm³/mol. The van der Waals surface area contributed by atoms with Gasteiger partial charge in [-0.2, -0.15) is 5.26 Å². The smallest absolute Gasteiger partial charge is 0.147 e. The molecule has 0 amide bonds. The number of rotatable bonds is 2. The lowest BCUT2D eigenvalue weighted by molar-refractivity contribution is 0.615. The van der Waals surface area contributed by atoms with E-state index >= 15 is 0 Å². The third kappa shape index (κ3) is 1.80. The molecule has 2 aromatic rings. The van der Waals surface area contributed by atoms with Gasteiger partial charge in [0.2, 0.25) is 0 Å². The summed E-state index contributed by atoms with van der Waals surface area (Å²) in [6.07, 6.45) is 3.55. The average Bonchev–Trinajstić information content (AvgIpc) is 2.65. The number of aromatic nitrogens is 2. The molecule has 2 rings (SSSR count). The van der Waals surface area contributed by atoms with Crippen molar-refractivity contribution in [1.29, 1.82) is 5.26 Å².